The number of nitrogens with zero attached hydrogens (tertiary/aromatic N) is 1. The molecule has 1 saturated heterocycles. The van der Waals surface area contributed by atoms with Crippen LogP contribution in [-0.2, 0) is 9.53 Å². The number of ether oxygens (including phenoxy) is 2. The second-order valence-electron chi connectivity index (χ2n) is 6.48. The number of benzene rings is 2. The van der Waals surface area contributed by atoms with Crippen LogP contribution in [0.25, 0.3) is 0 Å². The third kappa shape index (κ3) is 6.58. The Morgan fingerprint density at radius 2 is 2.00 bits per heavy atom. The third-order valence-electron chi connectivity index (χ3n) is 4.30. The van der Waals surface area contributed by atoms with E-state index in [1.165, 1.54) is 6.21 Å². The lowest BCUT2D eigenvalue weighted by atomic mass is 10.2. The Bertz CT molecular complexity index is 864. The summed E-state index contributed by atoms with van der Waals surface area (Å²) in [5.41, 5.74) is 3.55. The van der Waals surface area contributed by atoms with Crippen LogP contribution in [0, 0.1) is 0 Å². The van der Waals surface area contributed by atoms with Gasteiger partial charge in [-0.15, -0.1) is 0 Å². The summed E-state index contributed by atoms with van der Waals surface area (Å²) < 4.78 is 10.9. The van der Waals surface area contributed by atoms with E-state index in [9.17, 15) is 9.59 Å². The molecule has 0 unspecified atom stereocenters. The maximum absolute atomic E-state index is 12.0. The van der Waals surface area contributed by atoms with Crippen LogP contribution in [0.5, 0.6) is 5.75 Å². The largest absolute Gasteiger partial charge is 0.484 e. The van der Waals surface area contributed by atoms with Crippen LogP contribution in [0.15, 0.2) is 53.6 Å². The van der Waals surface area contributed by atoms with Crippen LogP contribution in [0.4, 0.5) is 0 Å². The highest BCUT2D eigenvalue weighted by Gasteiger charge is 2.16. The number of carbonyl (C=O) groups is 2. The number of rotatable bonds is 8. The Morgan fingerprint density at radius 1 is 1.21 bits per heavy atom. The van der Waals surface area contributed by atoms with Crippen LogP contribution in [0.3, 0.4) is 0 Å². The van der Waals surface area contributed by atoms with Crippen LogP contribution < -0.4 is 15.5 Å². The molecule has 0 spiro atoms. The van der Waals surface area contributed by atoms with Crippen molar-refractivity contribution in [2.45, 2.75) is 18.9 Å². The van der Waals surface area contributed by atoms with Gasteiger partial charge in [-0.2, -0.15) is 5.10 Å². The van der Waals surface area contributed by atoms with Gasteiger partial charge in [0.1, 0.15) is 5.75 Å². The topological polar surface area (TPSA) is 89.0 Å². The van der Waals surface area contributed by atoms with Crippen molar-refractivity contribution < 1.29 is 19.1 Å². The SMILES string of the molecule is O=C(COc1ccc(/C=N\NC(=O)c2ccccc2Cl)cc1)NC[C@@H]1CCCO1. The molecule has 29 heavy (non-hydrogen) atoms. The molecule has 1 aliphatic rings. The van der Waals surface area contributed by atoms with Crippen LogP contribution in [0.1, 0.15) is 28.8 Å². The summed E-state index contributed by atoms with van der Waals surface area (Å²) in [5, 5.41) is 7.09. The molecule has 0 saturated carbocycles. The Balaban J connectivity index is 1.41. The zero-order valence-electron chi connectivity index (χ0n) is 15.8. The second-order valence-corrected chi connectivity index (χ2v) is 6.88. The summed E-state index contributed by atoms with van der Waals surface area (Å²) in [5.74, 6) is -0.0104. The molecular weight excluding hydrogens is 394 g/mol. The monoisotopic (exact) mass is 415 g/mol. The van der Waals surface area contributed by atoms with E-state index < -0.39 is 0 Å². The number of amides is 2. The smallest absolute Gasteiger partial charge is 0.272 e. The molecule has 8 heteroatoms. The fraction of sp³-hybridized carbons (Fsp3) is 0.286. The standard InChI is InChI=1S/C21H22ClN3O4/c22-19-6-2-1-5-18(19)21(27)25-24-12-15-7-9-16(10-8-15)29-14-20(26)23-13-17-4-3-11-28-17/h1-2,5-10,12,17H,3-4,11,13-14H2,(H,23,26)(H,25,27)/b24-12-/t17-/m0/s1. The van der Waals surface area contributed by atoms with E-state index in [2.05, 4.69) is 15.8 Å². The van der Waals surface area contributed by atoms with Gasteiger partial charge in [0.25, 0.3) is 11.8 Å². The lowest BCUT2D eigenvalue weighted by Crippen LogP contribution is -2.35. The molecule has 3 rings (SSSR count). The fourth-order valence-electron chi connectivity index (χ4n) is 2.75. The number of hydrazone groups is 1. The minimum atomic E-state index is -0.388. The Kier molecular flexibility index (Phi) is 7.61. The van der Waals surface area contributed by atoms with Crippen molar-refractivity contribution in [3.63, 3.8) is 0 Å². The van der Waals surface area contributed by atoms with Crippen molar-refractivity contribution in [2.75, 3.05) is 19.8 Å². The first-order valence-electron chi connectivity index (χ1n) is 9.31. The molecule has 2 amide bonds. The van der Waals surface area contributed by atoms with E-state index in [1.807, 2.05) is 0 Å². The van der Waals surface area contributed by atoms with Gasteiger partial charge < -0.3 is 14.8 Å². The first kappa shape index (κ1) is 20.8. The number of hydrogen-bond donors (Lipinski definition) is 2. The van der Waals surface area contributed by atoms with Gasteiger partial charge >= 0.3 is 0 Å². The van der Waals surface area contributed by atoms with Crippen molar-refractivity contribution in [3.8, 4) is 5.75 Å². The summed E-state index contributed by atoms with van der Waals surface area (Å²) in [7, 11) is 0. The zero-order valence-corrected chi connectivity index (χ0v) is 16.5. The summed E-state index contributed by atoms with van der Waals surface area (Å²) in [6.07, 6.45) is 3.63. The summed E-state index contributed by atoms with van der Waals surface area (Å²) >= 11 is 5.98. The van der Waals surface area contributed by atoms with E-state index >= 15 is 0 Å². The lowest BCUT2D eigenvalue weighted by Gasteiger charge is -2.11. The minimum absolute atomic E-state index is 0.0615. The molecule has 1 aliphatic heterocycles. The van der Waals surface area contributed by atoms with Gasteiger partial charge in [0, 0.05) is 13.2 Å². The molecule has 0 radical (unpaired) electrons. The number of halogens is 1. The zero-order chi connectivity index (χ0) is 20.5. The van der Waals surface area contributed by atoms with E-state index in [4.69, 9.17) is 21.1 Å². The third-order valence-corrected chi connectivity index (χ3v) is 4.63. The van der Waals surface area contributed by atoms with Gasteiger partial charge in [-0.05, 0) is 54.8 Å². The van der Waals surface area contributed by atoms with E-state index in [0.29, 0.717) is 22.9 Å². The molecule has 2 aromatic rings. The Hall–Kier alpha value is -2.90. The highest BCUT2D eigenvalue weighted by molar-refractivity contribution is 6.33. The predicted octanol–water partition coefficient (Wildman–Crippen LogP) is 2.78. The van der Waals surface area contributed by atoms with Crippen molar-refractivity contribution in [1.82, 2.24) is 10.7 Å². The molecule has 1 atom stereocenters. The number of hydrogen-bond acceptors (Lipinski definition) is 5. The first-order chi connectivity index (χ1) is 14.1. The summed E-state index contributed by atoms with van der Waals surface area (Å²) in [4.78, 5) is 23.8. The molecule has 2 aromatic carbocycles. The maximum atomic E-state index is 12.0. The molecule has 2 N–H and O–H groups in total. The van der Waals surface area contributed by atoms with Crippen molar-refractivity contribution >= 4 is 29.6 Å². The second kappa shape index (κ2) is 10.6. The summed E-state index contributed by atoms with van der Waals surface area (Å²) in [6, 6.07) is 13.7. The normalized spacial score (nSPS) is 16.0. The predicted molar refractivity (Wildman–Crippen MR) is 110 cm³/mol. The van der Waals surface area contributed by atoms with Crippen LogP contribution in [-0.4, -0.2) is 43.9 Å². The van der Waals surface area contributed by atoms with Crippen molar-refractivity contribution in [3.05, 3.63) is 64.7 Å². The van der Waals surface area contributed by atoms with Crippen LogP contribution >= 0.6 is 11.6 Å². The number of nitrogens with one attached hydrogen (secondary N) is 2. The fourth-order valence-corrected chi connectivity index (χ4v) is 2.98. The number of carbonyl (C=O) groups excluding carboxylic acids is 2. The van der Waals surface area contributed by atoms with Gasteiger partial charge in [0.15, 0.2) is 6.61 Å². The Labute approximate surface area is 174 Å². The van der Waals surface area contributed by atoms with Crippen molar-refractivity contribution in [1.29, 1.82) is 0 Å². The molecular formula is C21H22ClN3O4. The summed E-state index contributed by atoms with van der Waals surface area (Å²) in [6.45, 7) is 1.21. The highest BCUT2D eigenvalue weighted by atomic mass is 35.5. The molecule has 0 bridgehead atoms. The molecule has 152 valence electrons. The van der Waals surface area contributed by atoms with Gasteiger partial charge in [-0.25, -0.2) is 5.43 Å². The van der Waals surface area contributed by atoms with E-state index in [0.717, 1.165) is 25.0 Å². The van der Waals surface area contributed by atoms with E-state index in [-0.39, 0.29) is 24.5 Å². The highest BCUT2D eigenvalue weighted by Crippen LogP contribution is 2.15. The van der Waals surface area contributed by atoms with E-state index in [1.54, 1.807) is 48.5 Å². The maximum Gasteiger partial charge on any atom is 0.272 e. The van der Waals surface area contributed by atoms with Crippen LogP contribution in [0.2, 0.25) is 5.02 Å². The van der Waals surface area contributed by atoms with Gasteiger partial charge in [-0.3, -0.25) is 9.59 Å². The lowest BCUT2D eigenvalue weighted by molar-refractivity contribution is -0.123. The quantitative estimate of drug-likeness (QED) is 0.512. The van der Waals surface area contributed by atoms with Crippen molar-refractivity contribution in [2.24, 2.45) is 5.10 Å². The van der Waals surface area contributed by atoms with Gasteiger partial charge in [0.05, 0.1) is 22.9 Å². The molecule has 1 heterocycles. The average Bonchev–Trinajstić information content (AvgIpc) is 3.25. The molecule has 0 aromatic heterocycles. The molecule has 1 fully saturated rings. The average molecular weight is 416 g/mol. The van der Waals surface area contributed by atoms with Gasteiger partial charge in [0.2, 0.25) is 0 Å². The molecule has 7 nitrogen and oxygen atoms in total. The van der Waals surface area contributed by atoms with Gasteiger partial charge in [-0.1, -0.05) is 23.7 Å². The first-order valence-corrected chi connectivity index (χ1v) is 9.69. The minimum Gasteiger partial charge on any atom is -0.484 e. The Morgan fingerprint density at radius 3 is 2.72 bits per heavy atom. The molecule has 0 aliphatic carbocycles.